The van der Waals surface area contributed by atoms with Crippen molar-refractivity contribution in [2.24, 2.45) is 0 Å². The number of ether oxygens (including phenoxy) is 1. The molecule has 2 unspecified atom stereocenters. The lowest BCUT2D eigenvalue weighted by Crippen LogP contribution is -2.28. The lowest BCUT2D eigenvalue weighted by molar-refractivity contribution is 0.323. The maximum absolute atomic E-state index is 5.23. The fourth-order valence-electron chi connectivity index (χ4n) is 2.49. The number of nitrogens with zero attached hydrogens (tertiary/aromatic N) is 1. The molecule has 21 heavy (non-hydrogen) atoms. The van der Waals surface area contributed by atoms with Crippen molar-refractivity contribution < 1.29 is 4.74 Å². The van der Waals surface area contributed by atoms with Gasteiger partial charge < -0.3 is 15.0 Å². The molecule has 0 saturated carbocycles. The molecule has 0 heterocycles. The average Bonchev–Trinajstić information content (AvgIpc) is 2.53. The molecule has 0 aromatic heterocycles. The molecule has 0 amide bonds. The average molecular weight is 311 g/mol. The highest BCUT2D eigenvalue weighted by Crippen LogP contribution is 2.27. The summed E-state index contributed by atoms with van der Waals surface area (Å²) in [6.45, 7) is 10.2. The van der Waals surface area contributed by atoms with E-state index in [0.29, 0.717) is 11.3 Å². The van der Waals surface area contributed by atoms with E-state index in [4.69, 9.17) is 4.74 Å². The van der Waals surface area contributed by atoms with Gasteiger partial charge in [0.05, 0.1) is 7.11 Å². The Bertz CT molecular complexity index is 379. The van der Waals surface area contributed by atoms with E-state index in [-0.39, 0.29) is 0 Å². The minimum absolute atomic E-state index is 0.373. The van der Waals surface area contributed by atoms with Gasteiger partial charge in [0, 0.05) is 23.6 Å². The van der Waals surface area contributed by atoms with Crippen LogP contribution in [-0.2, 0) is 0 Å². The van der Waals surface area contributed by atoms with Crippen LogP contribution in [0.25, 0.3) is 0 Å². The zero-order chi connectivity index (χ0) is 15.7. The molecule has 1 aromatic rings. The van der Waals surface area contributed by atoms with Gasteiger partial charge in [-0.2, -0.15) is 11.8 Å². The van der Waals surface area contributed by atoms with Gasteiger partial charge in [0.1, 0.15) is 5.75 Å². The summed E-state index contributed by atoms with van der Waals surface area (Å²) < 4.78 is 5.23. The zero-order valence-corrected chi connectivity index (χ0v) is 14.9. The summed E-state index contributed by atoms with van der Waals surface area (Å²) in [6, 6.07) is 8.75. The summed E-state index contributed by atoms with van der Waals surface area (Å²) in [5.41, 5.74) is 1.32. The SMILES string of the molecule is CCN(CC)CCSC(C)C(NC)c1ccc(OC)cc1. The third kappa shape index (κ3) is 5.89. The van der Waals surface area contributed by atoms with Gasteiger partial charge in [-0.3, -0.25) is 0 Å². The first-order valence-corrected chi connectivity index (χ1v) is 8.86. The van der Waals surface area contributed by atoms with Crippen LogP contribution in [0.1, 0.15) is 32.4 Å². The quantitative estimate of drug-likeness (QED) is 0.716. The molecule has 0 radical (unpaired) electrons. The highest BCUT2D eigenvalue weighted by atomic mass is 32.2. The van der Waals surface area contributed by atoms with Crippen LogP contribution < -0.4 is 10.1 Å². The molecule has 0 bridgehead atoms. The fraction of sp³-hybridized carbons (Fsp3) is 0.647. The first-order chi connectivity index (χ1) is 10.2. The van der Waals surface area contributed by atoms with Crippen molar-refractivity contribution in [3.05, 3.63) is 29.8 Å². The van der Waals surface area contributed by atoms with Crippen LogP contribution in [0.2, 0.25) is 0 Å². The number of rotatable bonds is 10. The van der Waals surface area contributed by atoms with Crippen molar-refractivity contribution in [2.75, 3.05) is 39.5 Å². The highest BCUT2D eigenvalue weighted by Gasteiger charge is 2.18. The lowest BCUT2D eigenvalue weighted by atomic mass is 10.0. The van der Waals surface area contributed by atoms with Gasteiger partial charge in [-0.25, -0.2) is 0 Å². The van der Waals surface area contributed by atoms with Crippen molar-refractivity contribution in [2.45, 2.75) is 32.1 Å². The predicted octanol–water partition coefficient (Wildman–Crippen LogP) is 3.42. The van der Waals surface area contributed by atoms with Gasteiger partial charge in [-0.05, 0) is 37.8 Å². The normalized spacial score (nSPS) is 14.2. The number of benzene rings is 1. The van der Waals surface area contributed by atoms with Crippen LogP contribution in [0, 0.1) is 0 Å². The van der Waals surface area contributed by atoms with Crippen LogP contribution >= 0.6 is 11.8 Å². The second-order valence-electron chi connectivity index (χ2n) is 5.14. The van der Waals surface area contributed by atoms with Crippen molar-refractivity contribution in [3.63, 3.8) is 0 Å². The Morgan fingerprint density at radius 1 is 1.19 bits per heavy atom. The molecule has 0 spiro atoms. The summed E-state index contributed by atoms with van der Waals surface area (Å²) in [4.78, 5) is 2.47. The van der Waals surface area contributed by atoms with Crippen molar-refractivity contribution in [1.29, 1.82) is 0 Å². The Morgan fingerprint density at radius 3 is 2.29 bits per heavy atom. The minimum Gasteiger partial charge on any atom is -0.497 e. The standard InChI is InChI=1S/C17H30N2OS/c1-6-19(7-2)12-13-21-14(3)17(18-4)15-8-10-16(20-5)11-9-15/h8-11,14,17-18H,6-7,12-13H2,1-5H3. The molecule has 0 aliphatic rings. The monoisotopic (exact) mass is 310 g/mol. The molecule has 1 N–H and O–H groups in total. The van der Waals surface area contributed by atoms with E-state index in [9.17, 15) is 0 Å². The van der Waals surface area contributed by atoms with Crippen LogP contribution in [-0.4, -0.2) is 49.7 Å². The van der Waals surface area contributed by atoms with Crippen LogP contribution in [0.15, 0.2) is 24.3 Å². The van der Waals surface area contributed by atoms with Crippen LogP contribution in [0.4, 0.5) is 0 Å². The Labute approximate surface area is 134 Å². The summed E-state index contributed by atoms with van der Waals surface area (Å²) >= 11 is 2.04. The molecule has 0 aliphatic carbocycles. The molecule has 4 heteroatoms. The number of hydrogen-bond donors (Lipinski definition) is 1. The second kappa shape index (κ2) is 10.1. The second-order valence-corrected chi connectivity index (χ2v) is 6.63. The molecular formula is C17H30N2OS. The van der Waals surface area contributed by atoms with Gasteiger partial charge in [-0.15, -0.1) is 0 Å². The predicted molar refractivity (Wildman–Crippen MR) is 94.5 cm³/mol. The molecule has 0 aliphatic heterocycles. The third-order valence-electron chi connectivity index (χ3n) is 3.94. The fourth-order valence-corrected chi connectivity index (χ4v) is 3.71. The number of hydrogen-bond acceptors (Lipinski definition) is 4. The number of nitrogens with one attached hydrogen (secondary N) is 1. The number of methoxy groups -OCH3 is 1. The molecule has 0 fully saturated rings. The minimum atomic E-state index is 0.373. The van der Waals surface area contributed by atoms with E-state index in [0.717, 1.165) is 18.8 Å². The van der Waals surface area contributed by atoms with Crippen LogP contribution in [0.5, 0.6) is 5.75 Å². The van der Waals surface area contributed by atoms with E-state index in [1.807, 2.05) is 30.9 Å². The first-order valence-electron chi connectivity index (χ1n) is 7.81. The molecule has 3 nitrogen and oxygen atoms in total. The Morgan fingerprint density at radius 2 is 1.81 bits per heavy atom. The van der Waals surface area contributed by atoms with Crippen molar-refractivity contribution >= 4 is 11.8 Å². The van der Waals surface area contributed by atoms with Gasteiger partial charge >= 0.3 is 0 Å². The highest BCUT2D eigenvalue weighted by molar-refractivity contribution is 7.99. The Balaban J connectivity index is 2.53. The van der Waals surface area contributed by atoms with Crippen molar-refractivity contribution in [3.8, 4) is 5.75 Å². The van der Waals surface area contributed by atoms with Crippen LogP contribution in [0.3, 0.4) is 0 Å². The Hall–Kier alpha value is -0.710. The summed E-state index contributed by atoms with van der Waals surface area (Å²) in [6.07, 6.45) is 0. The summed E-state index contributed by atoms with van der Waals surface area (Å²) in [7, 11) is 3.74. The molecular weight excluding hydrogens is 280 g/mol. The molecule has 0 saturated heterocycles. The number of thioether (sulfide) groups is 1. The lowest BCUT2D eigenvalue weighted by Gasteiger charge is -2.25. The largest absolute Gasteiger partial charge is 0.497 e. The van der Waals surface area contributed by atoms with Gasteiger partial charge in [0.2, 0.25) is 0 Å². The summed E-state index contributed by atoms with van der Waals surface area (Å²) in [5.74, 6) is 2.09. The molecule has 1 rings (SSSR count). The molecule has 1 aromatic carbocycles. The van der Waals surface area contributed by atoms with E-state index < -0.39 is 0 Å². The zero-order valence-electron chi connectivity index (χ0n) is 14.1. The van der Waals surface area contributed by atoms with E-state index in [1.165, 1.54) is 17.9 Å². The van der Waals surface area contributed by atoms with E-state index >= 15 is 0 Å². The molecule has 2 atom stereocenters. The van der Waals surface area contributed by atoms with Gasteiger partial charge in [0.25, 0.3) is 0 Å². The molecule has 120 valence electrons. The topological polar surface area (TPSA) is 24.5 Å². The smallest absolute Gasteiger partial charge is 0.118 e. The maximum atomic E-state index is 5.23. The first kappa shape index (κ1) is 18.3. The van der Waals surface area contributed by atoms with E-state index in [2.05, 4.69) is 43.1 Å². The summed E-state index contributed by atoms with van der Waals surface area (Å²) in [5, 5.41) is 3.99. The van der Waals surface area contributed by atoms with Gasteiger partial charge in [-0.1, -0.05) is 32.9 Å². The van der Waals surface area contributed by atoms with E-state index in [1.54, 1.807) is 7.11 Å². The van der Waals surface area contributed by atoms with Gasteiger partial charge in [0.15, 0.2) is 0 Å². The third-order valence-corrected chi connectivity index (χ3v) is 5.15. The van der Waals surface area contributed by atoms with Crippen molar-refractivity contribution in [1.82, 2.24) is 10.2 Å². The maximum Gasteiger partial charge on any atom is 0.118 e. The Kier molecular flexibility index (Phi) is 8.81.